The highest BCUT2D eigenvalue weighted by molar-refractivity contribution is 6.43. The number of carbonyl (C=O) groups is 2. The van der Waals surface area contributed by atoms with E-state index in [0.717, 1.165) is 44.9 Å². The number of hydrogen-bond acceptors (Lipinski definition) is 3. The Labute approximate surface area is 218 Å². The largest absolute Gasteiger partial charge is 0.469 e. The Balaban J connectivity index is 1.60. The van der Waals surface area contributed by atoms with Crippen LogP contribution in [0, 0.1) is 62.6 Å². The van der Waals surface area contributed by atoms with Crippen LogP contribution in [0.1, 0.15) is 99.8 Å². The van der Waals surface area contributed by atoms with Crippen LogP contribution in [0.2, 0.25) is 0 Å². The highest BCUT2D eigenvalue weighted by atomic mass is 35.5. The van der Waals surface area contributed by atoms with E-state index in [1.54, 1.807) is 7.11 Å². The van der Waals surface area contributed by atoms with E-state index in [0.29, 0.717) is 40.5 Å². The Morgan fingerprint density at radius 2 is 1.63 bits per heavy atom. The molecule has 0 heterocycles. The molecule has 0 radical (unpaired) electrons. The third kappa shape index (κ3) is 3.03. The topological polar surface area (TPSA) is 43.4 Å². The summed E-state index contributed by atoms with van der Waals surface area (Å²) in [5, 5.41) is 0.453. The summed E-state index contributed by atoms with van der Waals surface area (Å²) in [5.41, 5.74) is -0.437. The molecule has 0 aromatic heterocycles. The maximum Gasteiger partial charge on any atom is 0.312 e. The molecule has 0 saturated heterocycles. The second-order valence-corrected chi connectivity index (χ2v) is 15.1. The van der Waals surface area contributed by atoms with Crippen molar-refractivity contribution in [2.45, 2.75) is 99.8 Å². The van der Waals surface area contributed by atoms with Gasteiger partial charge in [0.1, 0.15) is 0 Å². The number of ketones is 1. The van der Waals surface area contributed by atoms with Crippen molar-refractivity contribution in [1.82, 2.24) is 0 Å². The molecule has 0 spiro atoms. The highest BCUT2D eigenvalue weighted by Gasteiger charge is 2.72. The Hall–Kier alpha value is -0.830. The molecule has 4 fully saturated rings. The molecule has 0 aromatic rings. The summed E-state index contributed by atoms with van der Waals surface area (Å²) in [6, 6.07) is 0. The van der Waals surface area contributed by atoms with Gasteiger partial charge in [0.2, 0.25) is 0 Å². The molecule has 0 aromatic carbocycles. The SMILES string of the molecule is COC(=O)[C@]12CC[C@@H](C(C)C)[C@@H]1[C@H]1CC[C@@H]3[C@@]4(C)C=C(Cl)C(=O)C(C)(C)[C@@H]4CC[C@@]3(C)[C@]1(C)CC2. The van der Waals surface area contributed by atoms with Gasteiger partial charge in [-0.3, -0.25) is 9.59 Å². The number of halogens is 1. The highest BCUT2D eigenvalue weighted by Crippen LogP contribution is 2.77. The lowest BCUT2D eigenvalue weighted by atomic mass is 9.33. The van der Waals surface area contributed by atoms with Gasteiger partial charge in [0.25, 0.3) is 0 Å². The van der Waals surface area contributed by atoms with Gasteiger partial charge in [0.15, 0.2) is 5.78 Å². The number of fused-ring (bicyclic) bond motifs is 7. The zero-order valence-corrected chi connectivity index (χ0v) is 24.1. The normalized spacial score (nSPS) is 50.5. The molecular formula is C31H47ClO3. The van der Waals surface area contributed by atoms with Crippen molar-refractivity contribution < 1.29 is 14.3 Å². The van der Waals surface area contributed by atoms with Crippen molar-refractivity contribution in [3.05, 3.63) is 11.1 Å². The lowest BCUT2D eigenvalue weighted by molar-refractivity contribution is -0.224. The summed E-state index contributed by atoms with van der Waals surface area (Å²) in [4.78, 5) is 26.5. The van der Waals surface area contributed by atoms with Crippen LogP contribution in [-0.2, 0) is 14.3 Å². The lowest BCUT2D eigenvalue weighted by Crippen LogP contribution is -2.66. The van der Waals surface area contributed by atoms with Crippen molar-refractivity contribution in [3.8, 4) is 0 Å². The van der Waals surface area contributed by atoms with E-state index in [4.69, 9.17) is 16.3 Å². The maximum absolute atomic E-state index is 13.4. The van der Waals surface area contributed by atoms with Gasteiger partial charge in [-0.25, -0.2) is 0 Å². The van der Waals surface area contributed by atoms with Crippen molar-refractivity contribution >= 4 is 23.4 Å². The summed E-state index contributed by atoms with van der Waals surface area (Å²) in [7, 11) is 1.59. The zero-order chi connectivity index (χ0) is 25.8. The lowest BCUT2D eigenvalue weighted by Gasteiger charge is -2.71. The fourth-order valence-corrected chi connectivity index (χ4v) is 11.9. The Morgan fingerprint density at radius 3 is 2.26 bits per heavy atom. The van der Waals surface area contributed by atoms with Crippen LogP contribution in [0.5, 0.6) is 0 Å². The molecule has 3 nitrogen and oxygen atoms in total. The molecule has 0 N–H and O–H groups in total. The minimum atomic E-state index is -0.416. The van der Waals surface area contributed by atoms with Crippen molar-refractivity contribution in [3.63, 3.8) is 0 Å². The van der Waals surface area contributed by atoms with Crippen LogP contribution in [0.15, 0.2) is 11.1 Å². The number of Topliss-reactive ketones (excluding diaryl/α,β-unsaturated/α-hetero) is 1. The molecule has 5 rings (SSSR count). The first-order valence-electron chi connectivity index (χ1n) is 14.2. The average molecular weight is 503 g/mol. The summed E-state index contributed by atoms with van der Waals surface area (Å²) in [6.07, 6.45) is 11.0. The number of hydrogen-bond donors (Lipinski definition) is 0. The van der Waals surface area contributed by atoms with Crippen LogP contribution in [0.4, 0.5) is 0 Å². The molecule has 0 bridgehead atoms. The van der Waals surface area contributed by atoms with E-state index in [1.807, 2.05) is 0 Å². The number of esters is 1. The fourth-order valence-electron chi connectivity index (χ4n) is 11.4. The molecule has 5 aliphatic carbocycles. The standard InChI is InChI=1S/C31H47ClO3/c1-18(2)19-11-14-31(26(34)35-8)16-15-29(6)20(24(19)31)9-10-23-28(5)17-21(32)25(33)27(3,4)22(28)12-13-30(23,29)7/h17-20,22-24H,9-16H2,1-8H3/t19-,20+,22-,23+,24+,28-,29+,30+,31-/m0/s1. The van der Waals surface area contributed by atoms with Crippen LogP contribution < -0.4 is 0 Å². The Kier molecular flexibility index (Phi) is 5.78. The number of carbonyl (C=O) groups excluding carboxylic acids is 2. The van der Waals surface area contributed by atoms with Gasteiger partial charge < -0.3 is 4.74 Å². The maximum atomic E-state index is 13.4. The summed E-state index contributed by atoms with van der Waals surface area (Å²) in [6.45, 7) is 16.5. The van der Waals surface area contributed by atoms with E-state index in [-0.39, 0.29) is 33.4 Å². The molecule has 9 atom stereocenters. The molecule has 0 amide bonds. The van der Waals surface area contributed by atoms with Gasteiger partial charge in [-0.15, -0.1) is 0 Å². The van der Waals surface area contributed by atoms with Gasteiger partial charge in [-0.2, -0.15) is 0 Å². The predicted molar refractivity (Wildman–Crippen MR) is 141 cm³/mol. The van der Waals surface area contributed by atoms with E-state index in [9.17, 15) is 9.59 Å². The van der Waals surface area contributed by atoms with Gasteiger partial charge >= 0.3 is 5.97 Å². The van der Waals surface area contributed by atoms with Crippen LogP contribution in [0.3, 0.4) is 0 Å². The van der Waals surface area contributed by atoms with Crippen molar-refractivity contribution in [2.24, 2.45) is 62.6 Å². The number of allylic oxidation sites excluding steroid dienone is 2. The van der Waals surface area contributed by atoms with Gasteiger partial charge in [0.05, 0.1) is 17.6 Å². The summed E-state index contributed by atoms with van der Waals surface area (Å²) in [5.74, 6) is 3.14. The number of rotatable bonds is 2. The monoisotopic (exact) mass is 502 g/mol. The van der Waals surface area contributed by atoms with Crippen LogP contribution in [0.25, 0.3) is 0 Å². The van der Waals surface area contributed by atoms with Gasteiger partial charge in [-0.05, 0) is 103 Å². The smallest absolute Gasteiger partial charge is 0.312 e. The molecule has 0 unspecified atom stereocenters. The molecule has 0 aliphatic heterocycles. The second-order valence-electron chi connectivity index (χ2n) is 14.7. The van der Waals surface area contributed by atoms with Crippen LogP contribution in [-0.4, -0.2) is 18.9 Å². The number of ether oxygens (including phenoxy) is 1. The second kappa shape index (κ2) is 7.84. The third-order valence-corrected chi connectivity index (χ3v) is 13.5. The predicted octanol–water partition coefficient (Wildman–Crippen LogP) is 7.81. The van der Waals surface area contributed by atoms with E-state index in [2.05, 4.69) is 54.5 Å². The van der Waals surface area contributed by atoms with E-state index < -0.39 is 5.41 Å². The van der Waals surface area contributed by atoms with E-state index in [1.165, 1.54) is 6.42 Å². The zero-order valence-electron chi connectivity index (χ0n) is 23.3. The first-order chi connectivity index (χ1) is 16.2. The Morgan fingerprint density at radius 1 is 0.943 bits per heavy atom. The number of methoxy groups -OCH3 is 1. The first-order valence-corrected chi connectivity index (χ1v) is 14.6. The summed E-state index contributed by atoms with van der Waals surface area (Å²) >= 11 is 6.67. The molecular weight excluding hydrogens is 456 g/mol. The molecule has 196 valence electrons. The molecule has 4 saturated carbocycles. The molecule has 35 heavy (non-hydrogen) atoms. The molecule has 4 heteroatoms. The minimum absolute atomic E-state index is 0.0536. The molecule has 5 aliphatic rings. The van der Waals surface area contributed by atoms with Gasteiger partial charge in [0, 0.05) is 5.41 Å². The van der Waals surface area contributed by atoms with Crippen molar-refractivity contribution in [1.29, 1.82) is 0 Å². The quantitative estimate of drug-likeness (QED) is 0.361. The van der Waals surface area contributed by atoms with Crippen molar-refractivity contribution in [2.75, 3.05) is 7.11 Å². The average Bonchev–Trinajstić information content (AvgIpc) is 3.18. The summed E-state index contributed by atoms with van der Waals surface area (Å²) < 4.78 is 5.51. The first kappa shape index (κ1) is 25.8. The van der Waals surface area contributed by atoms with Crippen LogP contribution >= 0.6 is 11.6 Å². The minimum Gasteiger partial charge on any atom is -0.469 e. The third-order valence-electron chi connectivity index (χ3n) is 13.2. The fraction of sp³-hybridized carbons (Fsp3) is 0.871. The van der Waals surface area contributed by atoms with E-state index >= 15 is 0 Å². The Bertz CT molecular complexity index is 966. The van der Waals surface area contributed by atoms with Gasteiger partial charge in [-0.1, -0.05) is 66.1 Å².